The number of ether oxygens (including phenoxy) is 1. The average Bonchev–Trinajstić information content (AvgIpc) is 2.81. The molecule has 1 fully saturated rings. The molecule has 0 radical (unpaired) electrons. The summed E-state index contributed by atoms with van der Waals surface area (Å²) in [7, 11) is 0. The highest BCUT2D eigenvalue weighted by Gasteiger charge is 2.22. The molecule has 17 heavy (non-hydrogen) atoms. The van der Waals surface area contributed by atoms with Crippen LogP contribution < -0.4 is 5.32 Å². The summed E-state index contributed by atoms with van der Waals surface area (Å²) in [5.41, 5.74) is 0. The van der Waals surface area contributed by atoms with Crippen molar-refractivity contribution in [1.29, 1.82) is 0 Å². The molecule has 0 aromatic rings. The SMILES string of the molecule is C[C@H]1CCCC[C@@H]1OCC(=O)NC1=NCCS1. The molecule has 2 atom stereocenters. The third-order valence-electron chi connectivity index (χ3n) is 3.29. The molecule has 0 spiro atoms. The Hall–Kier alpha value is -0.550. The van der Waals surface area contributed by atoms with Gasteiger partial charge < -0.3 is 10.1 Å². The first kappa shape index (κ1) is 12.9. The van der Waals surface area contributed by atoms with Crippen molar-refractivity contribution in [2.75, 3.05) is 18.9 Å². The molecule has 1 aliphatic heterocycles. The van der Waals surface area contributed by atoms with Crippen LogP contribution in [0.1, 0.15) is 32.6 Å². The van der Waals surface area contributed by atoms with E-state index < -0.39 is 0 Å². The summed E-state index contributed by atoms with van der Waals surface area (Å²) in [6.07, 6.45) is 5.08. The van der Waals surface area contributed by atoms with E-state index in [0.29, 0.717) is 5.92 Å². The van der Waals surface area contributed by atoms with E-state index in [9.17, 15) is 4.79 Å². The van der Waals surface area contributed by atoms with Gasteiger partial charge in [0.1, 0.15) is 6.61 Å². The molecule has 1 N–H and O–H groups in total. The zero-order valence-electron chi connectivity index (χ0n) is 10.3. The van der Waals surface area contributed by atoms with Gasteiger partial charge in [0, 0.05) is 5.75 Å². The number of rotatable bonds is 3. The second-order valence-corrected chi connectivity index (χ2v) is 5.78. The molecule has 1 heterocycles. The fourth-order valence-electron chi connectivity index (χ4n) is 2.28. The number of amides is 1. The Morgan fingerprint density at radius 2 is 2.35 bits per heavy atom. The number of nitrogens with one attached hydrogen (secondary N) is 1. The van der Waals surface area contributed by atoms with Gasteiger partial charge in [0.2, 0.25) is 0 Å². The van der Waals surface area contributed by atoms with E-state index in [1.165, 1.54) is 19.3 Å². The highest BCUT2D eigenvalue weighted by atomic mass is 32.2. The van der Waals surface area contributed by atoms with E-state index >= 15 is 0 Å². The number of hydrogen-bond acceptors (Lipinski definition) is 4. The second kappa shape index (κ2) is 6.40. The molecule has 0 unspecified atom stereocenters. The molecule has 5 heteroatoms. The van der Waals surface area contributed by atoms with Crippen LogP contribution in [-0.4, -0.2) is 36.1 Å². The van der Waals surface area contributed by atoms with Crippen LogP contribution in [0.4, 0.5) is 0 Å². The van der Waals surface area contributed by atoms with E-state index in [2.05, 4.69) is 17.2 Å². The highest BCUT2D eigenvalue weighted by molar-refractivity contribution is 8.14. The molecule has 0 bridgehead atoms. The maximum absolute atomic E-state index is 11.6. The number of nitrogens with zero attached hydrogens (tertiary/aromatic N) is 1. The third-order valence-corrected chi connectivity index (χ3v) is 4.18. The summed E-state index contributed by atoms with van der Waals surface area (Å²) in [5.74, 6) is 1.47. The van der Waals surface area contributed by atoms with Crippen LogP contribution in [-0.2, 0) is 9.53 Å². The van der Waals surface area contributed by atoms with Gasteiger partial charge >= 0.3 is 0 Å². The molecule has 4 nitrogen and oxygen atoms in total. The Morgan fingerprint density at radius 3 is 3.06 bits per heavy atom. The maximum atomic E-state index is 11.6. The minimum absolute atomic E-state index is 0.0732. The summed E-state index contributed by atoms with van der Waals surface area (Å²) in [5, 5.41) is 3.53. The van der Waals surface area contributed by atoms with E-state index in [-0.39, 0.29) is 18.6 Å². The first-order valence-corrected chi connectivity index (χ1v) is 7.33. The van der Waals surface area contributed by atoms with Crippen molar-refractivity contribution in [2.45, 2.75) is 38.7 Å². The first-order chi connectivity index (χ1) is 8.25. The molecular weight excluding hydrogens is 236 g/mol. The summed E-state index contributed by atoms with van der Waals surface area (Å²) < 4.78 is 5.69. The fourth-order valence-corrected chi connectivity index (χ4v) is 3.02. The van der Waals surface area contributed by atoms with Crippen molar-refractivity contribution in [3.63, 3.8) is 0 Å². The minimum Gasteiger partial charge on any atom is -0.368 e. The number of thioether (sulfide) groups is 1. The van der Waals surface area contributed by atoms with Crippen LogP contribution in [0.5, 0.6) is 0 Å². The molecule has 0 aromatic heterocycles. The Kier molecular flexibility index (Phi) is 4.86. The lowest BCUT2D eigenvalue weighted by molar-refractivity contribution is -0.128. The predicted molar refractivity (Wildman–Crippen MR) is 70.3 cm³/mol. The number of carbonyl (C=O) groups excluding carboxylic acids is 1. The summed E-state index contributed by atoms with van der Waals surface area (Å²) in [4.78, 5) is 15.8. The summed E-state index contributed by atoms with van der Waals surface area (Å²) >= 11 is 1.60. The smallest absolute Gasteiger partial charge is 0.251 e. The molecule has 0 aromatic carbocycles. The quantitative estimate of drug-likeness (QED) is 0.837. The lowest BCUT2D eigenvalue weighted by atomic mass is 9.88. The number of hydrogen-bond donors (Lipinski definition) is 1. The average molecular weight is 256 g/mol. The maximum Gasteiger partial charge on any atom is 0.251 e. The van der Waals surface area contributed by atoms with E-state index in [1.54, 1.807) is 11.8 Å². The van der Waals surface area contributed by atoms with Crippen LogP contribution in [0, 0.1) is 5.92 Å². The Balaban J connectivity index is 1.68. The van der Waals surface area contributed by atoms with Crippen molar-refractivity contribution < 1.29 is 9.53 Å². The monoisotopic (exact) mass is 256 g/mol. The van der Waals surface area contributed by atoms with Gasteiger partial charge in [-0.25, -0.2) is 0 Å². The van der Waals surface area contributed by atoms with Crippen molar-refractivity contribution in [2.24, 2.45) is 10.9 Å². The molecule has 2 aliphatic rings. The van der Waals surface area contributed by atoms with Gasteiger partial charge in [0.15, 0.2) is 5.17 Å². The lowest BCUT2D eigenvalue weighted by Crippen LogP contribution is -2.34. The van der Waals surface area contributed by atoms with Crippen molar-refractivity contribution in [3.8, 4) is 0 Å². The van der Waals surface area contributed by atoms with Gasteiger partial charge in [0.05, 0.1) is 12.6 Å². The molecule has 0 saturated heterocycles. The predicted octanol–water partition coefficient (Wildman–Crippen LogP) is 1.80. The van der Waals surface area contributed by atoms with Gasteiger partial charge in [-0.05, 0) is 18.8 Å². The Morgan fingerprint density at radius 1 is 1.53 bits per heavy atom. The van der Waals surface area contributed by atoms with Gasteiger partial charge in [0.25, 0.3) is 5.91 Å². The van der Waals surface area contributed by atoms with Gasteiger partial charge in [-0.1, -0.05) is 31.5 Å². The topological polar surface area (TPSA) is 50.7 Å². The minimum atomic E-state index is -0.0732. The van der Waals surface area contributed by atoms with E-state index in [0.717, 1.165) is 23.9 Å². The molecule has 1 aliphatic carbocycles. The fraction of sp³-hybridized carbons (Fsp3) is 0.833. The van der Waals surface area contributed by atoms with Crippen LogP contribution in [0.15, 0.2) is 4.99 Å². The largest absolute Gasteiger partial charge is 0.368 e. The van der Waals surface area contributed by atoms with Crippen LogP contribution in [0.3, 0.4) is 0 Å². The highest BCUT2D eigenvalue weighted by Crippen LogP contribution is 2.26. The zero-order chi connectivity index (χ0) is 12.1. The molecule has 2 rings (SSSR count). The van der Waals surface area contributed by atoms with Gasteiger partial charge in [-0.3, -0.25) is 9.79 Å². The van der Waals surface area contributed by atoms with Crippen LogP contribution >= 0.6 is 11.8 Å². The molecule has 96 valence electrons. The van der Waals surface area contributed by atoms with E-state index in [4.69, 9.17) is 4.74 Å². The van der Waals surface area contributed by atoms with Gasteiger partial charge in [-0.2, -0.15) is 0 Å². The van der Waals surface area contributed by atoms with Crippen LogP contribution in [0.25, 0.3) is 0 Å². The Labute approximate surface area is 107 Å². The standard InChI is InChI=1S/C12H20N2O2S/c1-9-4-2-3-5-10(9)16-8-11(15)14-12-13-6-7-17-12/h9-10H,2-8H2,1H3,(H,13,14,15)/t9-,10-/m0/s1. The molecule has 1 saturated carbocycles. The zero-order valence-corrected chi connectivity index (χ0v) is 11.1. The number of carbonyl (C=O) groups is 1. The second-order valence-electron chi connectivity index (χ2n) is 4.69. The van der Waals surface area contributed by atoms with E-state index in [1.807, 2.05) is 0 Å². The van der Waals surface area contributed by atoms with Crippen molar-refractivity contribution >= 4 is 22.8 Å². The summed E-state index contributed by atoms with van der Waals surface area (Å²) in [6.45, 7) is 3.17. The summed E-state index contributed by atoms with van der Waals surface area (Å²) in [6, 6.07) is 0. The van der Waals surface area contributed by atoms with Gasteiger partial charge in [-0.15, -0.1) is 0 Å². The molecule has 1 amide bonds. The lowest BCUT2D eigenvalue weighted by Gasteiger charge is -2.28. The normalized spacial score (nSPS) is 28.9. The molecular formula is C12H20N2O2S. The van der Waals surface area contributed by atoms with Crippen molar-refractivity contribution in [1.82, 2.24) is 5.32 Å². The Bertz CT molecular complexity index is 307. The third kappa shape index (κ3) is 4.00. The van der Waals surface area contributed by atoms with Crippen molar-refractivity contribution in [3.05, 3.63) is 0 Å². The number of amidine groups is 1. The number of aliphatic imine (C=N–C) groups is 1. The first-order valence-electron chi connectivity index (χ1n) is 6.34. The van der Waals surface area contributed by atoms with Crippen LogP contribution in [0.2, 0.25) is 0 Å².